The second-order valence-corrected chi connectivity index (χ2v) is 28.3. The first-order valence-corrected chi connectivity index (χ1v) is 27.2. The van der Waals surface area contributed by atoms with Crippen molar-refractivity contribution < 1.29 is 37.9 Å². The quantitative estimate of drug-likeness (QED) is 0.164. The summed E-state index contributed by atoms with van der Waals surface area (Å²) in [6.07, 6.45) is 26.3. The van der Waals surface area contributed by atoms with E-state index in [0.29, 0.717) is 49.5 Å². The normalized spacial score (nSPS) is 38.3. The third-order valence-corrected chi connectivity index (χ3v) is 19.3. The zero-order chi connectivity index (χ0) is 51.3. The highest BCUT2D eigenvalue weighted by molar-refractivity contribution is 7.14. The van der Waals surface area contributed by atoms with Gasteiger partial charge >= 0.3 is 16.5 Å². The monoisotopic (exact) mass is 1130 g/mol. The molecule has 408 valence electrons. The van der Waals surface area contributed by atoms with Gasteiger partial charge in [0.2, 0.25) is 11.1 Å². The molecular weight excluding hydrogens is 1060 g/mol. The number of aliphatic carboxylic acids is 1. The van der Waals surface area contributed by atoms with Crippen LogP contribution < -0.4 is 11.1 Å². The van der Waals surface area contributed by atoms with Crippen LogP contribution in [0.5, 0.6) is 0 Å². The number of halogens is 6. The second-order valence-electron chi connectivity index (χ2n) is 25.3. The van der Waals surface area contributed by atoms with Gasteiger partial charge in [-0.2, -0.15) is 8.78 Å². The zero-order valence-electron chi connectivity index (χ0n) is 41.5. The molecule has 0 spiro atoms. The highest BCUT2D eigenvalue weighted by atomic mass is 35.5. The van der Waals surface area contributed by atoms with Crippen LogP contribution in [0.1, 0.15) is 172 Å². The number of thiazole rings is 2. The molecule has 12 saturated carbocycles. The fourth-order valence-electron chi connectivity index (χ4n) is 18.2. The molecule has 12 fully saturated rings. The Hall–Kier alpha value is -2.82. The Morgan fingerprint density at radius 3 is 1.19 bits per heavy atom. The number of nitrogens with one attached hydrogen (secondary N) is 1. The number of pyridine rings is 1. The van der Waals surface area contributed by atoms with Crippen LogP contribution in [-0.2, 0) is 24.0 Å². The van der Waals surface area contributed by atoms with E-state index < -0.39 is 16.5 Å². The molecule has 0 saturated heterocycles. The van der Waals surface area contributed by atoms with Crippen molar-refractivity contribution in [3.8, 4) is 0 Å². The molecule has 4 N–H and O–H groups in total. The van der Waals surface area contributed by atoms with Crippen molar-refractivity contribution in [2.75, 3.05) is 11.1 Å². The Labute approximate surface area is 460 Å². The number of carboxylic acid groups (broad SMARTS) is 1. The lowest BCUT2D eigenvalue weighted by atomic mass is 9.40. The number of hydrogen-bond acceptors (Lipinski definition) is 11. The third kappa shape index (κ3) is 14.6. The summed E-state index contributed by atoms with van der Waals surface area (Å²) in [5.41, 5.74) is 6.35. The van der Waals surface area contributed by atoms with E-state index in [1.54, 1.807) is 12.4 Å². The van der Waals surface area contributed by atoms with Gasteiger partial charge in [0, 0.05) is 17.8 Å². The zero-order valence-corrected chi connectivity index (χ0v) is 46.2. The van der Waals surface area contributed by atoms with Crippen molar-refractivity contribution in [3.63, 3.8) is 0 Å². The summed E-state index contributed by atoms with van der Waals surface area (Å²) in [7, 11) is 0. The van der Waals surface area contributed by atoms with Gasteiger partial charge in [0.25, 0.3) is 0 Å². The molecule has 3 aromatic heterocycles. The Morgan fingerprint density at radius 1 is 0.575 bits per heavy atom. The van der Waals surface area contributed by atoms with Gasteiger partial charge in [-0.3, -0.25) is 29.0 Å². The predicted octanol–water partition coefficient (Wildman–Crippen LogP) is 15.2. The Morgan fingerprint density at radius 2 is 0.932 bits per heavy atom. The first kappa shape index (κ1) is 62.7. The topological polar surface area (TPSA) is 182 Å². The van der Waals surface area contributed by atoms with Crippen molar-refractivity contribution >= 4 is 108 Å². The maximum atomic E-state index is 13.1. The molecule has 0 aromatic carbocycles. The smallest absolute Gasteiger partial charge is 0.309 e. The summed E-state index contributed by atoms with van der Waals surface area (Å²) in [5, 5.41) is 10.0. The first-order valence-electron chi connectivity index (χ1n) is 24.4. The van der Waals surface area contributed by atoms with E-state index in [2.05, 4.69) is 85.0 Å². The maximum absolute atomic E-state index is 13.1. The molecule has 6 atom stereocenters. The van der Waals surface area contributed by atoms with E-state index in [4.69, 9.17) is 17.3 Å². The van der Waals surface area contributed by atoms with Gasteiger partial charge in [0.15, 0.2) is 20.5 Å². The molecule has 11 nitrogen and oxygen atoms in total. The minimum Gasteiger partial charge on any atom is -0.481 e. The number of carbonyl (C=O) groups excluding carboxylic acids is 4. The van der Waals surface area contributed by atoms with Crippen LogP contribution in [-0.4, -0.2) is 47.7 Å². The first-order chi connectivity index (χ1) is 32.4. The van der Waals surface area contributed by atoms with Crippen LogP contribution in [0.2, 0.25) is 0 Å². The number of amides is 1. The van der Waals surface area contributed by atoms with Crippen molar-refractivity contribution in [1.82, 2.24) is 15.0 Å². The van der Waals surface area contributed by atoms with Crippen LogP contribution in [0.4, 0.5) is 19.0 Å². The van der Waals surface area contributed by atoms with Gasteiger partial charge < -0.3 is 16.2 Å². The number of anilines is 2. The Balaban J connectivity index is 0.000000200. The summed E-state index contributed by atoms with van der Waals surface area (Å²) in [5.74, 6) is 1.67. The van der Waals surface area contributed by atoms with E-state index >= 15 is 0 Å². The van der Waals surface area contributed by atoms with Gasteiger partial charge in [0.1, 0.15) is 0 Å². The van der Waals surface area contributed by atoms with Crippen molar-refractivity contribution in [2.45, 2.75) is 172 Å². The fourth-order valence-corrected chi connectivity index (χ4v) is 19.3. The van der Waals surface area contributed by atoms with E-state index in [9.17, 15) is 37.9 Å². The molecule has 3 heterocycles. The summed E-state index contributed by atoms with van der Waals surface area (Å²) in [6, 6.07) is 5.72. The number of carboxylic acids is 1. The van der Waals surface area contributed by atoms with Crippen LogP contribution >= 0.6 is 69.9 Å². The van der Waals surface area contributed by atoms with E-state index in [0.717, 1.165) is 92.6 Å². The van der Waals surface area contributed by atoms with Gasteiger partial charge in [-0.15, -0.1) is 12.4 Å². The molecule has 12 aliphatic carbocycles. The van der Waals surface area contributed by atoms with Crippen LogP contribution in [0.3, 0.4) is 0 Å². The number of nitrogen functional groups attached to an aromatic ring is 1. The Bertz CT molecular complexity index is 2290. The molecule has 6 unspecified atom stereocenters. The molecule has 3 aromatic rings. The van der Waals surface area contributed by atoms with Gasteiger partial charge in [-0.05, 0) is 213 Å². The lowest BCUT2D eigenvalue weighted by Crippen LogP contribution is -2.58. The molecule has 12 bridgehead atoms. The highest BCUT2D eigenvalue weighted by Crippen LogP contribution is 2.72. The minimum absolute atomic E-state index is 0. The summed E-state index contributed by atoms with van der Waals surface area (Å²) >= 11 is 16.6. The minimum atomic E-state index is -1.14. The lowest BCUT2D eigenvalue weighted by molar-refractivity contribution is -0.185. The summed E-state index contributed by atoms with van der Waals surface area (Å²) in [6.45, 7) is 14.1. The third-order valence-electron chi connectivity index (χ3n) is 17.1. The number of carbonyl (C=O) groups is 5. The van der Waals surface area contributed by atoms with Crippen LogP contribution in [0.15, 0.2) is 43.0 Å². The summed E-state index contributed by atoms with van der Waals surface area (Å²) in [4.78, 5) is 66.2. The van der Waals surface area contributed by atoms with E-state index in [-0.39, 0.29) is 70.0 Å². The van der Waals surface area contributed by atoms with Crippen LogP contribution in [0.25, 0.3) is 0 Å². The fraction of sp³-hybridized carbons (Fsp3) is 0.704. The number of aromatic nitrogens is 3. The molecule has 19 heteroatoms. The number of nitrogens with two attached hydrogens (primary N) is 1. The van der Waals surface area contributed by atoms with Gasteiger partial charge in [-0.1, -0.05) is 85.1 Å². The predicted molar refractivity (Wildman–Crippen MR) is 292 cm³/mol. The molecule has 0 radical (unpaired) electrons. The SMILES string of the molecule is C.C.CC12CC3CC(C)(C1)CC(C(=O)Cl)(C3)C2.CC12CC3CC(C)(C1)CC(C(=O)Nc1ncc(F)s1)(C3)C2.CC12CC3CC(C)(C1)CC(C(=O)O)(C3)C2.Cl.Nc1ncc(F)s1.O=C(Cl)C(=O)Cl.c1ccncc1. The van der Waals surface area contributed by atoms with E-state index in [1.165, 1.54) is 64.0 Å². The molecule has 0 aliphatic heterocycles. The van der Waals surface area contributed by atoms with Crippen molar-refractivity contribution in [3.05, 3.63) is 53.2 Å². The summed E-state index contributed by atoms with van der Waals surface area (Å²) < 4.78 is 24.9. The number of rotatable bonds is 5. The van der Waals surface area contributed by atoms with Crippen molar-refractivity contribution in [2.24, 2.45) is 66.5 Å². The van der Waals surface area contributed by atoms with Crippen LogP contribution in [0, 0.1) is 76.8 Å². The molecule has 1 amide bonds. The highest BCUT2D eigenvalue weighted by Gasteiger charge is 2.65. The molecule has 12 aliphatic rings. The average molecular weight is 1140 g/mol. The molecule has 73 heavy (non-hydrogen) atoms. The average Bonchev–Trinajstić information content (AvgIpc) is 3.80. The maximum Gasteiger partial charge on any atom is 0.309 e. The number of nitrogens with zero attached hydrogens (tertiary/aromatic N) is 3. The van der Waals surface area contributed by atoms with Gasteiger partial charge in [-0.25, -0.2) is 9.97 Å². The Kier molecular flexibility index (Phi) is 19.8. The molecular formula is C54H77Cl4F2N5O6S2. The van der Waals surface area contributed by atoms with E-state index in [1.807, 2.05) is 18.2 Å². The standard InChI is InChI=1S/C16H21FN2OS.C13H19ClO.C13H20O2.C5H5N.C3H3FN2S.C2Cl2O2.2CH4.ClH/c1-14-3-10-4-15(2,7-14)9-16(5-10,8-14)12(20)19-13-18-6-11(17)21-13;2*1-11-3-9-4-12(2,6-11)8-13(5-9,7-11)10(14)15;1-2-4-6-5-3-1;4-2-1-6-3(5)7-2;3-1(5)2(4)6;;;/h6,10H,3-5,7-9H2,1-2H3,(H,18,19,20);9H,3-8H2,1-2H3;9H,3-8H2,1-2H3,(H,14,15);1-5H;1H,(H2,5,6);;2*1H4;1H. The largest absolute Gasteiger partial charge is 0.481 e. The van der Waals surface area contributed by atoms with Gasteiger partial charge in [0.05, 0.1) is 23.2 Å². The second kappa shape index (κ2) is 23.0. The number of hydrogen-bond donors (Lipinski definition) is 3. The van der Waals surface area contributed by atoms with Crippen molar-refractivity contribution in [1.29, 1.82) is 0 Å². The lowest BCUT2D eigenvalue weighted by Gasteiger charge is -2.64. The molecule has 15 rings (SSSR count).